The van der Waals surface area contributed by atoms with Gasteiger partial charge in [-0.05, 0) is 29.8 Å². The van der Waals surface area contributed by atoms with Crippen LogP contribution in [0.15, 0.2) is 36.4 Å². The first-order valence-corrected chi connectivity index (χ1v) is 5.99. The summed E-state index contributed by atoms with van der Waals surface area (Å²) < 4.78 is 47.9. The Morgan fingerprint density at radius 2 is 1.57 bits per heavy atom. The Hall–Kier alpha value is -2.37. The maximum absolute atomic E-state index is 12.6. The summed E-state index contributed by atoms with van der Waals surface area (Å²) in [7, 11) is 2.93. The lowest BCUT2D eigenvalue weighted by atomic mass is 10.0. The van der Waals surface area contributed by atoms with Gasteiger partial charge in [-0.1, -0.05) is 12.1 Å². The van der Waals surface area contributed by atoms with Crippen molar-refractivity contribution in [3.05, 3.63) is 42.0 Å². The summed E-state index contributed by atoms with van der Waals surface area (Å²) in [6.45, 7) is 0. The Bertz CT molecular complexity index is 651. The number of benzene rings is 2. The summed E-state index contributed by atoms with van der Waals surface area (Å²) in [5.41, 5.74) is -0.0907. The Morgan fingerprint density at radius 3 is 2.10 bits per heavy atom. The topological polar surface area (TPSA) is 38.7 Å². The van der Waals surface area contributed by atoms with Crippen LogP contribution in [0, 0.1) is 0 Å². The molecule has 0 aromatic heterocycles. The fraction of sp³-hybridized carbons (Fsp3) is 0.200. The van der Waals surface area contributed by atoms with E-state index in [2.05, 4.69) is 0 Å². The molecular weight excluding hydrogens is 285 g/mol. The third-order valence-electron chi connectivity index (χ3n) is 3.02. The quantitative estimate of drug-likeness (QED) is 0.927. The van der Waals surface area contributed by atoms with Gasteiger partial charge in [0.15, 0.2) is 11.5 Å². The van der Waals surface area contributed by atoms with Crippen molar-refractivity contribution in [3.63, 3.8) is 0 Å². The van der Waals surface area contributed by atoms with Crippen molar-refractivity contribution in [1.29, 1.82) is 0 Å². The van der Waals surface area contributed by atoms with E-state index in [1.807, 2.05) is 0 Å². The molecule has 0 saturated carbocycles. The van der Waals surface area contributed by atoms with Crippen molar-refractivity contribution in [2.45, 2.75) is 6.18 Å². The lowest BCUT2D eigenvalue weighted by Gasteiger charge is -2.12. The van der Waals surface area contributed by atoms with Crippen LogP contribution in [0.4, 0.5) is 13.2 Å². The molecule has 21 heavy (non-hydrogen) atoms. The van der Waals surface area contributed by atoms with E-state index in [0.717, 1.165) is 6.07 Å². The Morgan fingerprint density at radius 1 is 0.905 bits per heavy atom. The molecule has 0 aliphatic rings. The van der Waals surface area contributed by atoms with Crippen LogP contribution in [-0.4, -0.2) is 19.3 Å². The minimum absolute atomic E-state index is 0.281. The monoisotopic (exact) mass is 298 g/mol. The number of methoxy groups -OCH3 is 2. The average molecular weight is 298 g/mol. The van der Waals surface area contributed by atoms with E-state index >= 15 is 0 Å². The predicted octanol–water partition coefficient (Wildman–Crippen LogP) is 4.10. The summed E-state index contributed by atoms with van der Waals surface area (Å²) in [4.78, 5) is 0. The number of ether oxygens (including phenoxy) is 2. The molecule has 0 aliphatic heterocycles. The maximum atomic E-state index is 12.6. The molecule has 2 aromatic rings. The molecule has 0 saturated heterocycles. The van der Waals surface area contributed by atoms with E-state index in [1.165, 1.54) is 20.3 Å². The average Bonchev–Trinajstić information content (AvgIpc) is 2.45. The number of rotatable bonds is 3. The standard InChI is InChI=1S/C15H13F3O3/c1-20-13-6-3-9(7-14(13)21-2)11-5-4-10(8-12(11)19)15(16,17)18/h3-8,19H,1-2H3. The van der Waals surface area contributed by atoms with Gasteiger partial charge in [-0.25, -0.2) is 0 Å². The molecule has 1 N–H and O–H groups in total. The summed E-state index contributed by atoms with van der Waals surface area (Å²) in [6, 6.07) is 7.67. The molecular formula is C15H13F3O3. The summed E-state index contributed by atoms with van der Waals surface area (Å²) in [5.74, 6) is 0.471. The largest absolute Gasteiger partial charge is 0.507 e. The zero-order valence-electron chi connectivity index (χ0n) is 11.4. The van der Waals surface area contributed by atoms with Crippen LogP contribution < -0.4 is 9.47 Å². The molecule has 0 bridgehead atoms. The van der Waals surface area contributed by atoms with Gasteiger partial charge >= 0.3 is 6.18 Å². The number of hydrogen-bond acceptors (Lipinski definition) is 3. The number of phenols is 1. The number of alkyl halides is 3. The van der Waals surface area contributed by atoms with E-state index in [1.54, 1.807) is 18.2 Å². The van der Waals surface area contributed by atoms with Gasteiger partial charge in [0.2, 0.25) is 0 Å². The van der Waals surface area contributed by atoms with Gasteiger partial charge in [0.05, 0.1) is 19.8 Å². The minimum atomic E-state index is -4.49. The van der Waals surface area contributed by atoms with E-state index in [0.29, 0.717) is 23.1 Å². The molecule has 0 unspecified atom stereocenters. The highest BCUT2D eigenvalue weighted by molar-refractivity contribution is 5.73. The molecule has 0 spiro atoms. The lowest BCUT2D eigenvalue weighted by molar-refractivity contribution is -0.137. The maximum Gasteiger partial charge on any atom is 0.416 e. The first-order valence-electron chi connectivity index (χ1n) is 5.99. The molecule has 0 radical (unpaired) electrons. The molecule has 0 fully saturated rings. The molecule has 3 nitrogen and oxygen atoms in total. The van der Waals surface area contributed by atoms with Crippen molar-refractivity contribution in [1.82, 2.24) is 0 Å². The van der Waals surface area contributed by atoms with Gasteiger partial charge in [-0.3, -0.25) is 0 Å². The zero-order valence-corrected chi connectivity index (χ0v) is 11.4. The first-order chi connectivity index (χ1) is 9.86. The Balaban J connectivity index is 2.48. The third-order valence-corrected chi connectivity index (χ3v) is 3.02. The fourth-order valence-electron chi connectivity index (χ4n) is 1.96. The van der Waals surface area contributed by atoms with E-state index < -0.39 is 17.5 Å². The number of aromatic hydroxyl groups is 1. The van der Waals surface area contributed by atoms with Crippen LogP contribution >= 0.6 is 0 Å². The minimum Gasteiger partial charge on any atom is -0.507 e. The highest BCUT2D eigenvalue weighted by atomic mass is 19.4. The zero-order chi connectivity index (χ0) is 15.6. The third kappa shape index (κ3) is 3.04. The number of phenolic OH excluding ortho intramolecular Hbond substituents is 1. The molecule has 0 atom stereocenters. The van der Waals surface area contributed by atoms with Crippen LogP contribution in [0.2, 0.25) is 0 Å². The molecule has 0 aliphatic carbocycles. The summed E-state index contributed by atoms with van der Waals surface area (Å²) in [6.07, 6.45) is -4.49. The Labute approximate surface area is 119 Å². The van der Waals surface area contributed by atoms with Crippen molar-refractivity contribution >= 4 is 0 Å². The van der Waals surface area contributed by atoms with Crippen LogP contribution in [0.3, 0.4) is 0 Å². The van der Waals surface area contributed by atoms with Gasteiger partial charge in [0, 0.05) is 5.56 Å². The van der Waals surface area contributed by atoms with Crippen LogP contribution in [0.1, 0.15) is 5.56 Å². The van der Waals surface area contributed by atoms with Gasteiger partial charge in [0.1, 0.15) is 5.75 Å². The molecule has 112 valence electrons. The van der Waals surface area contributed by atoms with Crippen molar-refractivity contribution in [2.24, 2.45) is 0 Å². The van der Waals surface area contributed by atoms with Crippen LogP contribution in [0.5, 0.6) is 17.2 Å². The highest BCUT2D eigenvalue weighted by Gasteiger charge is 2.31. The van der Waals surface area contributed by atoms with Crippen LogP contribution in [0.25, 0.3) is 11.1 Å². The van der Waals surface area contributed by atoms with E-state index in [4.69, 9.17) is 9.47 Å². The van der Waals surface area contributed by atoms with Gasteiger partial charge in [0.25, 0.3) is 0 Å². The van der Waals surface area contributed by atoms with Crippen molar-refractivity contribution in [2.75, 3.05) is 14.2 Å². The summed E-state index contributed by atoms with van der Waals surface area (Å²) in [5, 5.41) is 9.83. The van der Waals surface area contributed by atoms with Crippen LogP contribution in [-0.2, 0) is 6.18 Å². The highest BCUT2D eigenvalue weighted by Crippen LogP contribution is 2.39. The van der Waals surface area contributed by atoms with E-state index in [9.17, 15) is 18.3 Å². The first kappa shape index (κ1) is 15.0. The SMILES string of the molecule is COc1ccc(-c2ccc(C(F)(F)F)cc2O)cc1OC. The van der Waals surface area contributed by atoms with E-state index in [-0.39, 0.29) is 5.56 Å². The lowest BCUT2D eigenvalue weighted by Crippen LogP contribution is -2.04. The molecule has 2 aromatic carbocycles. The molecule has 0 amide bonds. The molecule has 6 heteroatoms. The van der Waals surface area contributed by atoms with Gasteiger partial charge in [-0.2, -0.15) is 13.2 Å². The van der Waals surface area contributed by atoms with Gasteiger partial charge in [-0.15, -0.1) is 0 Å². The van der Waals surface area contributed by atoms with Crippen molar-refractivity contribution < 1.29 is 27.8 Å². The Kier molecular flexibility index (Phi) is 3.97. The summed E-state index contributed by atoms with van der Waals surface area (Å²) >= 11 is 0. The van der Waals surface area contributed by atoms with Crippen molar-refractivity contribution in [3.8, 4) is 28.4 Å². The van der Waals surface area contributed by atoms with Gasteiger partial charge < -0.3 is 14.6 Å². The second-order valence-electron chi connectivity index (χ2n) is 4.30. The predicted molar refractivity (Wildman–Crippen MR) is 71.6 cm³/mol. The fourth-order valence-corrected chi connectivity index (χ4v) is 1.96. The number of hydrogen-bond donors (Lipinski definition) is 1. The second kappa shape index (κ2) is 5.55. The molecule has 2 rings (SSSR count). The smallest absolute Gasteiger partial charge is 0.416 e. The normalized spacial score (nSPS) is 11.3. The second-order valence-corrected chi connectivity index (χ2v) is 4.30. The number of halogens is 3. The molecule has 0 heterocycles.